The van der Waals surface area contributed by atoms with Crippen LogP contribution < -0.4 is 11.1 Å². The molecule has 0 spiro atoms. The van der Waals surface area contributed by atoms with E-state index in [1.807, 2.05) is 30.3 Å². The molecule has 21 heavy (non-hydrogen) atoms. The highest BCUT2D eigenvalue weighted by Crippen LogP contribution is 2.25. The highest BCUT2D eigenvalue weighted by molar-refractivity contribution is 7.86. The standard InChI is InChI=1S/C15H15ClN2O2S/c16-12-7-4-8-13(17)15(12)21(20)10-14(19)18-9-11-5-2-1-3-6-11/h1-8H,9-10,17H2,(H,18,19). The van der Waals surface area contributed by atoms with Crippen molar-refractivity contribution in [2.75, 3.05) is 11.5 Å². The molecule has 6 heteroatoms. The average Bonchev–Trinajstić information content (AvgIpc) is 2.46. The summed E-state index contributed by atoms with van der Waals surface area (Å²) in [6.07, 6.45) is 0. The minimum Gasteiger partial charge on any atom is -0.398 e. The molecule has 1 unspecified atom stereocenters. The molecule has 2 aromatic carbocycles. The van der Waals surface area contributed by atoms with Gasteiger partial charge in [0.15, 0.2) is 0 Å². The number of rotatable bonds is 5. The van der Waals surface area contributed by atoms with Crippen LogP contribution in [0.2, 0.25) is 5.02 Å². The van der Waals surface area contributed by atoms with Gasteiger partial charge in [0.1, 0.15) is 5.75 Å². The maximum absolute atomic E-state index is 12.2. The second kappa shape index (κ2) is 7.24. The van der Waals surface area contributed by atoms with Gasteiger partial charge in [-0.05, 0) is 17.7 Å². The monoisotopic (exact) mass is 322 g/mol. The van der Waals surface area contributed by atoms with Crippen molar-refractivity contribution in [1.82, 2.24) is 5.32 Å². The van der Waals surface area contributed by atoms with E-state index in [1.54, 1.807) is 18.2 Å². The molecular weight excluding hydrogens is 308 g/mol. The first-order valence-corrected chi connectivity index (χ1v) is 8.00. The van der Waals surface area contributed by atoms with Gasteiger partial charge in [0.05, 0.1) is 20.7 Å². The van der Waals surface area contributed by atoms with Gasteiger partial charge in [0.25, 0.3) is 0 Å². The number of nitrogen functional groups attached to an aromatic ring is 1. The summed E-state index contributed by atoms with van der Waals surface area (Å²) in [5.74, 6) is -0.475. The summed E-state index contributed by atoms with van der Waals surface area (Å²) >= 11 is 5.98. The number of halogens is 1. The largest absolute Gasteiger partial charge is 0.398 e. The van der Waals surface area contributed by atoms with Crippen molar-refractivity contribution in [2.24, 2.45) is 0 Å². The van der Waals surface area contributed by atoms with Gasteiger partial charge in [-0.3, -0.25) is 9.00 Å². The molecule has 1 atom stereocenters. The second-order valence-corrected chi connectivity index (χ2v) is 6.21. The second-order valence-electron chi connectivity index (χ2n) is 4.41. The van der Waals surface area contributed by atoms with Crippen LogP contribution in [-0.2, 0) is 22.1 Å². The summed E-state index contributed by atoms with van der Waals surface area (Å²) in [7, 11) is -1.56. The number of carbonyl (C=O) groups is 1. The SMILES string of the molecule is Nc1cccc(Cl)c1S(=O)CC(=O)NCc1ccccc1. The highest BCUT2D eigenvalue weighted by atomic mass is 35.5. The van der Waals surface area contributed by atoms with E-state index in [9.17, 15) is 9.00 Å². The van der Waals surface area contributed by atoms with Gasteiger partial charge in [0, 0.05) is 12.2 Å². The Balaban J connectivity index is 1.95. The van der Waals surface area contributed by atoms with Crippen LogP contribution >= 0.6 is 11.6 Å². The third kappa shape index (κ3) is 4.31. The van der Waals surface area contributed by atoms with Crippen molar-refractivity contribution in [3.05, 3.63) is 59.1 Å². The summed E-state index contributed by atoms with van der Waals surface area (Å²) in [6.45, 7) is 0.398. The van der Waals surface area contributed by atoms with Crippen LogP contribution in [0.4, 0.5) is 5.69 Å². The fraction of sp³-hybridized carbons (Fsp3) is 0.133. The Hall–Kier alpha value is -1.85. The molecule has 0 heterocycles. The van der Waals surface area contributed by atoms with Crippen LogP contribution in [0.25, 0.3) is 0 Å². The molecule has 0 fully saturated rings. The first-order valence-electron chi connectivity index (χ1n) is 6.31. The molecule has 0 aromatic heterocycles. The molecule has 110 valence electrons. The molecule has 2 aromatic rings. The Labute approximate surface area is 130 Å². The molecule has 0 saturated carbocycles. The van der Waals surface area contributed by atoms with Crippen LogP contribution in [0, 0.1) is 0 Å². The molecule has 4 nitrogen and oxygen atoms in total. The van der Waals surface area contributed by atoms with Gasteiger partial charge in [-0.1, -0.05) is 48.0 Å². The minimum atomic E-state index is -1.56. The first-order chi connectivity index (χ1) is 10.1. The number of hydrogen-bond donors (Lipinski definition) is 2. The van der Waals surface area contributed by atoms with Crippen molar-refractivity contribution >= 4 is 34.0 Å². The van der Waals surface area contributed by atoms with Gasteiger partial charge in [-0.25, -0.2) is 0 Å². The Morgan fingerprint density at radius 2 is 1.86 bits per heavy atom. The lowest BCUT2D eigenvalue weighted by Crippen LogP contribution is -2.28. The number of anilines is 1. The van der Waals surface area contributed by atoms with Crippen LogP contribution in [0.5, 0.6) is 0 Å². The molecule has 0 aliphatic heterocycles. The van der Waals surface area contributed by atoms with Gasteiger partial charge in [-0.15, -0.1) is 0 Å². The maximum atomic E-state index is 12.2. The lowest BCUT2D eigenvalue weighted by molar-refractivity contribution is -0.118. The fourth-order valence-corrected chi connectivity index (χ4v) is 3.35. The zero-order valence-electron chi connectivity index (χ0n) is 11.2. The lowest BCUT2D eigenvalue weighted by Gasteiger charge is -2.08. The first kappa shape index (κ1) is 15.5. The Morgan fingerprint density at radius 1 is 1.14 bits per heavy atom. The normalized spacial score (nSPS) is 11.9. The fourth-order valence-electron chi connectivity index (χ4n) is 1.80. The summed E-state index contributed by atoms with van der Waals surface area (Å²) in [6, 6.07) is 14.4. The van der Waals surface area contributed by atoms with Crippen molar-refractivity contribution in [3.8, 4) is 0 Å². The van der Waals surface area contributed by atoms with E-state index in [4.69, 9.17) is 17.3 Å². The van der Waals surface area contributed by atoms with Gasteiger partial charge in [0.2, 0.25) is 5.91 Å². The van der Waals surface area contributed by atoms with Crippen LogP contribution in [-0.4, -0.2) is 15.9 Å². The van der Waals surface area contributed by atoms with Crippen molar-refractivity contribution in [1.29, 1.82) is 0 Å². The van der Waals surface area contributed by atoms with E-state index < -0.39 is 10.8 Å². The molecular formula is C15H15ClN2O2S. The van der Waals surface area contributed by atoms with Gasteiger partial charge >= 0.3 is 0 Å². The molecule has 1 amide bonds. The molecule has 0 bridgehead atoms. The number of nitrogens with one attached hydrogen (secondary N) is 1. The minimum absolute atomic E-state index is 0.166. The molecule has 0 aliphatic carbocycles. The predicted molar refractivity (Wildman–Crippen MR) is 85.4 cm³/mol. The van der Waals surface area contributed by atoms with Gasteiger partial charge < -0.3 is 11.1 Å². The molecule has 2 rings (SSSR count). The van der Waals surface area contributed by atoms with Crippen LogP contribution in [0.3, 0.4) is 0 Å². The third-order valence-corrected chi connectivity index (χ3v) is 4.68. The molecule has 3 N–H and O–H groups in total. The van der Waals surface area contributed by atoms with E-state index in [0.29, 0.717) is 22.2 Å². The summed E-state index contributed by atoms with van der Waals surface area (Å²) in [5.41, 5.74) is 7.06. The zero-order chi connectivity index (χ0) is 15.2. The quantitative estimate of drug-likeness (QED) is 0.830. The highest BCUT2D eigenvalue weighted by Gasteiger charge is 2.15. The number of carbonyl (C=O) groups excluding carboxylic acids is 1. The third-order valence-electron chi connectivity index (χ3n) is 2.82. The van der Waals surface area contributed by atoms with E-state index in [1.165, 1.54) is 0 Å². The van der Waals surface area contributed by atoms with E-state index >= 15 is 0 Å². The molecule has 0 radical (unpaired) electrons. The predicted octanol–water partition coefficient (Wildman–Crippen LogP) is 2.35. The Morgan fingerprint density at radius 3 is 2.52 bits per heavy atom. The van der Waals surface area contributed by atoms with E-state index in [-0.39, 0.29) is 11.7 Å². The smallest absolute Gasteiger partial charge is 0.233 e. The molecule has 0 saturated heterocycles. The summed E-state index contributed by atoms with van der Waals surface area (Å²) in [4.78, 5) is 12.1. The molecule has 0 aliphatic rings. The van der Waals surface area contributed by atoms with E-state index in [0.717, 1.165) is 5.56 Å². The summed E-state index contributed by atoms with van der Waals surface area (Å²) < 4.78 is 12.2. The summed E-state index contributed by atoms with van der Waals surface area (Å²) in [5, 5.41) is 3.03. The van der Waals surface area contributed by atoms with Crippen molar-refractivity contribution in [2.45, 2.75) is 11.4 Å². The lowest BCUT2D eigenvalue weighted by atomic mass is 10.2. The Kier molecular flexibility index (Phi) is 5.36. The number of nitrogens with two attached hydrogens (primary N) is 1. The zero-order valence-corrected chi connectivity index (χ0v) is 12.8. The van der Waals surface area contributed by atoms with Crippen molar-refractivity contribution < 1.29 is 9.00 Å². The van der Waals surface area contributed by atoms with E-state index in [2.05, 4.69) is 5.32 Å². The number of benzene rings is 2. The van der Waals surface area contributed by atoms with Crippen LogP contribution in [0.15, 0.2) is 53.4 Å². The van der Waals surface area contributed by atoms with Gasteiger partial charge in [-0.2, -0.15) is 0 Å². The van der Waals surface area contributed by atoms with Crippen LogP contribution in [0.1, 0.15) is 5.56 Å². The average molecular weight is 323 g/mol. The number of hydrogen-bond acceptors (Lipinski definition) is 3. The maximum Gasteiger partial charge on any atom is 0.233 e. The topological polar surface area (TPSA) is 72.2 Å². The number of amides is 1. The van der Waals surface area contributed by atoms with Crippen molar-refractivity contribution in [3.63, 3.8) is 0 Å². The Bertz CT molecular complexity index is 642.